The van der Waals surface area contributed by atoms with E-state index in [1.54, 1.807) is 0 Å². The number of hydrogen-bond acceptors (Lipinski definition) is 2. The molecule has 0 saturated heterocycles. The third-order valence-electron chi connectivity index (χ3n) is 0.729. The second-order valence-corrected chi connectivity index (χ2v) is 2.05. The van der Waals surface area contributed by atoms with E-state index >= 15 is 0 Å². The fraction of sp³-hybridized carbons (Fsp3) is 1.00. The second-order valence-electron chi connectivity index (χ2n) is 2.05. The zero-order chi connectivity index (χ0) is 6.41. The molecule has 0 aliphatic carbocycles. The Labute approximate surface area is 51.0 Å². The summed E-state index contributed by atoms with van der Waals surface area (Å²) < 4.78 is 5.12. The first-order valence-electron chi connectivity index (χ1n) is 3.10. The fourth-order valence-corrected chi connectivity index (χ4v) is 0.414. The maximum atomic E-state index is 5.41. The molecule has 0 fully saturated rings. The summed E-state index contributed by atoms with van der Waals surface area (Å²) in [5, 5.41) is 0. The number of hydrogen-bond donors (Lipinski definition) is 1. The normalized spacial score (nSPS) is 13.9. The van der Waals surface area contributed by atoms with Gasteiger partial charge in [-0.3, -0.25) is 0 Å². The summed E-state index contributed by atoms with van der Waals surface area (Å²) in [5.74, 6) is 0. The van der Waals surface area contributed by atoms with E-state index < -0.39 is 0 Å². The van der Waals surface area contributed by atoms with Gasteiger partial charge in [-0.15, -0.1) is 0 Å². The van der Waals surface area contributed by atoms with E-state index in [9.17, 15) is 0 Å². The Bertz CT molecular complexity index is 45.8. The van der Waals surface area contributed by atoms with Crippen molar-refractivity contribution in [3.05, 3.63) is 0 Å². The van der Waals surface area contributed by atoms with Crippen LogP contribution in [-0.2, 0) is 4.74 Å². The maximum absolute atomic E-state index is 5.41. The summed E-state index contributed by atoms with van der Waals surface area (Å²) in [7, 11) is 0. The lowest BCUT2D eigenvalue weighted by Crippen LogP contribution is -2.21. The van der Waals surface area contributed by atoms with E-state index in [1.165, 1.54) is 0 Å². The number of ether oxygens (including phenoxy) is 1. The molecule has 2 N–H and O–H groups in total. The van der Waals surface area contributed by atoms with Crippen LogP contribution < -0.4 is 5.73 Å². The SMILES string of the molecule is CCCOC[C@@H](C)N. The maximum Gasteiger partial charge on any atom is 0.0614 e. The molecule has 0 heterocycles. The van der Waals surface area contributed by atoms with Gasteiger partial charge in [0.15, 0.2) is 0 Å². The predicted molar refractivity (Wildman–Crippen MR) is 34.8 cm³/mol. The van der Waals surface area contributed by atoms with Crippen molar-refractivity contribution in [2.45, 2.75) is 26.3 Å². The van der Waals surface area contributed by atoms with Gasteiger partial charge in [0.2, 0.25) is 0 Å². The van der Waals surface area contributed by atoms with Crippen molar-refractivity contribution in [3.63, 3.8) is 0 Å². The van der Waals surface area contributed by atoms with Crippen LogP contribution in [0.25, 0.3) is 0 Å². The molecule has 1 atom stereocenters. The van der Waals surface area contributed by atoms with Gasteiger partial charge in [0.1, 0.15) is 0 Å². The lowest BCUT2D eigenvalue weighted by Gasteiger charge is -2.03. The van der Waals surface area contributed by atoms with Crippen molar-refractivity contribution in [1.82, 2.24) is 0 Å². The average molecular weight is 117 g/mol. The molecule has 0 radical (unpaired) electrons. The highest BCUT2D eigenvalue weighted by Crippen LogP contribution is 1.81. The van der Waals surface area contributed by atoms with Crippen LogP contribution in [0.2, 0.25) is 0 Å². The molecular formula is C6H15NO. The lowest BCUT2D eigenvalue weighted by atomic mass is 10.4. The van der Waals surface area contributed by atoms with Crippen LogP contribution in [0.1, 0.15) is 20.3 Å². The summed E-state index contributed by atoms with van der Waals surface area (Å²) in [6, 6.07) is 0.182. The van der Waals surface area contributed by atoms with E-state index in [0.29, 0.717) is 6.61 Å². The van der Waals surface area contributed by atoms with Gasteiger partial charge in [0.05, 0.1) is 6.61 Å². The third-order valence-corrected chi connectivity index (χ3v) is 0.729. The molecule has 0 aromatic heterocycles. The molecule has 50 valence electrons. The van der Waals surface area contributed by atoms with Crippen LogP contribution in [0.3, 0.4) is 0 Å². The van der Waals surface area contributed by atoms with Crippen LogP contribution in [0.4, 0.5) is 0 Å². The number of rotatable bonds is 4. The van der Waals surface area contributed by atoms with Gasteiger partial charge in [0, 0.05) is 12.6 Å². The zero-order valence-electron chi connectivity index (χ0n) is 5.68. The fourth-order valence-electron chi connectivity index (χ4n) is 0.414. The third kappa shape index (κ3) is 5.92. The zero-order valence-corrected chi connectivity index (χ0v) is 5.68. The first-order valence-corrected chi connectivity index (χ1v) is 3.10. The van der Waals surface area contributed by atoms with Crippen LogP contribution in [0.5, 0.6) is 0 Å². The lowest BCUT2D eigenvalue weighted by molar-refractivity contribution is 0.125. The molecule has 0 aliphatic rings. The minimum atomic E-state index is 0.182. The molecule has 8 heavy (non-hydrogen) atoms. The second kappa shape index (κ2) is 5.06. The van der Waals surface area contributed by atoms with Crippen LogP contribution >= 0.6 is 0 Å². The summed E-state index contributed by atoms with van der Waals surface area (Å²) in [6.45, 7) is 5.55. The summed E-state index contributed by atoms with van der Waals surface area (Å²) >= 11 is 0. The van der Waals surface area contributed by atoms with Crippen molar-refractivity contribution in [2.75, 3.05) is 13.2 Å². The molecule has 0 rings (SSSR count). The van der Waals surface area contributed by atoms with Gasteiger partial charge < -0.3 is 10.5 Å². The molecular weight excluding hydrogens is 102 g/mol. The molecule has 0 unspecified atom stereocenters. The largest absolute Gasteiger partial charge is 0.380 e. The van der Waals surface area contributed by atoms with Crippen LogP contribution in [-0.4, -0.2) is 19.3 Å². The molecule has 0 amide bonds. The molecule has 2 heteroatoms. The van der Waals surface area contributed by atoms with Crippen LogP contribution in [0.15, 0.2) is 0 Å². The summed E-state index contributed by atoms with van der Waals surface area (Å²) in [5.41, 5.74) is 5.41. The quantitative estimate of drug-likeness (QED) is 0.552. The van der Waals surface area contributed by atoms with Crippen molar-refractivity contribution in [2.24, 2.45) is 5.73 Å². The Morgan fingerprint density at radius 3 is 2.62 bits per heavy atom. The molecule has 0 aliphatic heterocycles. The molecule has 0 saturated carbocycles. The summed E-state index contributed by atoms with van der Waals surface area (Å²) in [4.78, 5) is 0. The average Bonchev–Trinajstić information content (AvgIpc) is 1.66. The Kier molecular flexibility index (Phi) is 5.01. The smallest absolute Gasteiger partial charge is 0.0614 e. The molecule has 0 aromatic rings. The van der Waals surface area contributed by atoms with Gasteiger partial charge in [0.25, 0.3) is 0 Å². The molecule has 0 aromatic carbocycles. The predicted octanol–water partition coefficient (Wildman–Crippen LogP) is 0.760. The van der Waals surface area contributed by atoms with Crippen molar-refractivity contribution in [1.29, 1.82) is 0 Å². The highest BCUT2D eigenvalue weighted by molar-refractivity contribution is 4.47. The minimum absolute atomic E-state index is 0.182. The van der Waals surface area contributed by atoms with Gasteiger partial charge in [-0.05, 0) is 13.3 Å². The molecule has 2 nitrogen and oxygen atoms in total. The minimum Gasteiger partial charge on any atom is -0.380 e. The van der Waals surface area contributed by atoms with Crippen molar-refractivity contribution in [3.8, 4) is 0 Å². The first kappa shape index (κ1) is 7.92. The van der Waals surface area contributed by atoms with Gasteiger partial charge >= 0.3 is 0 Å². The van der Waals surface area contributed by atoms with Crippen molar-refractivity contribution < 1.29 is 4.74 Å². The van der Waals surface area contributed by atoms with E-state index in [4.69, 9.17) is 10.5 Å². The van der Waals surface area contributed by atoms with Crippen LogP contribution in [0, 0.1) is 0 Å². The van der Waals surface area contributed by atoms with Crippen molar-refractivity contribution >= 4 is 0 Å². The highest BCUT2D eigenvalue weighted by atomic mass is 16.5. The Balaban J connectivity index is 2.72. The Hall–Kier alpha value is -0.0800. The Morgan fingerprint density at radius 2 is 2.25 bits per heavy atom. The highest BCUT2D eigenvalue weighted by Gasteiger charge is 1.90. The van der Waals surface area contributed by atoms with E-state index in [1.807, 2.05) is 6.92 Å². The van der Waals surface area contributed by atoms with Gasteiger partial charge in [-0.1, -0.05) is 6.92 Å². The Morgan fingerprint density at radius 1 is 1.62 bits per heavy atom. The molecule has 0 spiro atoms. The monoisotopic (exact) mass is 117 g/mol. The van der Waals surface area contributed by atoms with Gasteiger partial charge in [-0.25, -0.2) is 0 Å². The standard InChI is InChI=1S/C6H15NO/c1-3-4-8-5-6(2)7/h6H,3-5,7H2,1-2H3/t6-/m1/s1. The number of nitrogens with two attached hydrogens (primary N) is 1. The topological polar surface area (TPSA) is 35.2 Å². The van der Waals surface area contributed by atoms with Gasteiger partial charge in [-0.2, -0.15) is 0 Å². The van der Waals surface area contributed by atoms with E-state index in [0.717, 1.165) is 13.0 Å². The molecule has 0 bridgehead atoms. The summed E-state index contributed by atoms with van der Waals surface area (Å²) in [6.07, 6.45) is 1.08. The van der Waals surface area contributed by atoms with E-state index in [2.05, 4.69) is 6.92 Å². The van der Waals surface area contributed by atoms with E-state index in [-0.39, 0.29) is 6.04 Å². The first-order chi connectivity index (χ1) is 3.77.